The number of aliphatic hydroxyl groups is 1. The Hall–Kier alpha value is -3.80. The van der Waals surface area contributed by atoms with E-state index in [9.17, 15) is 14.7 Å². The van der Waals surface area contributed by atoms with Gasteiger partial charge in [0, 0.05) is 11.3 Å². The van der Waals surface area contributed by atoms with Crippen molar-refractivity contribution < 1.29 is 23.8 Å². The van der Waals surface area contributed by atoms with Crippen molar-refractivity contribution in [3.05, 3.63) is 88.9 Å². The molecule has 1 aliphatic rings. The summed E-state index contributed by atoms with van der Waals surface area (Å²) in [5, 5.41) is 11.2. The third kappa shape index (κ3) is 3.61. The van der Waals surface area contributed by atoms with Crippen LogP contribution in [0.2, 0.25) is 0 Å². The third-order valence-electron chi connectivity index (χ3n) is 5.26. The maximum Gasteiger partial charge on any atom is 0.300 e. The number of Topliss-reactive ketones (excluding diaryl/α,β-unsaturated/α-hetero) is 1. The number of hydrogen-bond acceptors (Lipinski definition) is 5. The first-order valence-corrected chi connectivity index (χ1v) is 10.1. The van der Waals surface area contributed by atoms with Crippen molar-refractivity contribution >= 4 is 23.1 Å². The van der Waals surface area contributed by atoms with Crippen LogP contribution in [0.25, 0.3) is 5.76 Å². The lowest BCUT2D eigenvalue weighted by Gasteiger charge is -2.23. The van der Waals surface area contributed by atoms with Gasteiger partial charge in [0.05, 0.1) is 12.2 Å². The number of ketones is 1. The number of para-hydroxylation sites is 1. The van der Waals surface area contributed by atoms with Gasteiger partial charge in [-0.1, -0.05) is 18.2 Å². The Bertz CT molecular complexity index is 1180. The van der Waals surface area contributed by atoms with Crippen LogP contribution in [-0.2, 0) is 9.59 Å². The van der Waals surface area contributed by atoms with Gasteiger partial charge >= 0.3 is 0 Å². The minimum Gasteiger partial charge on any atom is -0.507 e. The lowest BCUT2D eigenvalue weighted by molar-refractivity contribution is -0.132. The largest absolute Gasteiger partial charge is 0.507 e. The van der Waals surface area contributed by atoms with E-state index >= 15 is 0 Å². The van der Waals surface area contributed by atoms with Crippen LogP contribution in [0.5, 0.6) is 5.75 Å². The molecule has 6 heteroatoms. The number of hydrogen-bond donors (Lipinski definition) is 1. The highest BCUT2D eigenvalue weighted by atomic mass is 16.5. The molecule has 4 rings (SSSR count). The zero-order valence-corrected chi connectivity index (χ0v) is 17.6. The molecule has 2 heterocycles. The maximum absolute atomic E-state index is 13.1. The van der Waals surface area contributed by atoms with Crippen molar-refractivity contribution in [3.63, 3.8) is 0 Å². The molecule has 1 amide bonds. The van der Waals surface area contributed by atoms with Gasteiger partial charge in [0.15, 0.2) is 0 Å². The molecule has 1 aliphatic heterocycles. The van der Waals surface area contributed by atoms with Gasteiger partial charge in [-0.15, -0.1) is 0 Å². The molecule has 2 aromatic carbocycles. The Morgan fingerprint density at radius 2 is 1.81 bits per heavy atom. The molecule has 31 heavy (non-hydrogen) atoms. The summed E-state index contributed by atoms with van der Waals surface area (Å²) >= 11 is 0. The van der Waals surface area contributed by atoms with Gasteiger partial charge in [-0.25, -0.2) is 0 Å². The highest BCUT2D eigenvalue weighted by Gasteiger charge is 2.48. The van der Waals surface area contributed by atoms with E-state index in [2.05, 4.69) is 0 Å². The minimum atomic E-state index is -0.872. The first-order chi connectivity index (χ1) is 14.9. The second kappa shape index (κ2) is 8.14. The second-order valence-electron chi connectivity index (χ2n) is 7.37. The molecule has 3 aromatic rings. The van der Waals surface area contributed by atoms with E-state index in [1.165, 1.54) is 4.90 Å². The van der Waals surface area contributed by atoms with Crippen molar-refractivity contribution in [2.24, 2.45) is 0 Å². The molecular formula is C25H23NO5. The first-order valence-electron chi connectivity index (χ1n) is 10.1. The van der Waals surface area contributed by atoms with E-state index in [4.69, 9.17) is 9.15 Å². The van der Waals surface area contributed by atoms with Crippen molar-refractivity contribution in [1.29, 1.82) is 0 Å². The molecule has 1 saturated heterocycles. The topological polar surface area (TPSA) is 80.0 Å². The highest BCUT2D eigenvalue weighted by molar-refractivity contribution is 6.51. The number of rotatable bonds is 5. The van der Waals surface area contributed by atoms with Crippen molar-refractivity contribution in [1.82, 2.24) is 0 Å². The number of amides is 1. The van der Waals surface area contributed by atoms with Gasteiger partial charge < -0.3 is 14.3 Å². The van der Waals surface area contributed by atoms with E-state index < -0.39 is 17.7 Å². The number of benzene rings is 2. The molecule has 0 bridgehead atoms. The number of carbonyl (C=O) groups excluding carboxylic acids is 2. The molecule has 1 atom stereocenters. The van der Waals surface area contributed by atoms with Crippen LogP contribution >= 0.6 is 0 Å². The Kier molecular flexibility index (Phi) is 5.38. The molecule has 158 valence electrons. The molecule has 1 N–H and O–H groups in total. The Morgan fingerprint density at radius 1 is 1.06 bits per heavy atom. The average molecular weight is 417 g/mol. The molecule has 0 radical (unpaired) electrons. The lowest BCUT2D eigenvalue weighted by atomic mass is 9.98. The smallest absolute Gasteiger partial charge is 0.300 e. The second-order valence-corrected chi connectivity index (χ2v) is 7.37. The zero-order valence-electron chi connectivity index (χ0n) is 17.6. The normalized spacial score (nSPS) is 17.9. The summed E-state index contributed by atoms with van der Waals surface area (Å²) in [6, 6.07) is 16.7. The van der Waals surface area contributed by atoms with Crippen LogP contribution in [0.15, 0.2) is 70.7 Å². The quantitative estimate of drug-likeness (QED) is 0.362. The fraction of sp³-hybridized carbons (Fsp3) is 0.200. The number of carbonyl (C=O) groups is 2. The summed E-state index contributed by atoms with van der Waals surface area (Å²) < 4.78 is 11.4. The molecular weight excluding hydrogens is 394 g/mol. The number of aliphatic hydroxyl groups excluding tert-OH is 1. The van der Waals surface area contributed by atoms with E-state index in [0.29, 0.717) is 35.1 Å². The fourth-order valence-electron chi connectivity index (χ4n) is 3.83. The third-order valence-corrected chi connectivity index (χ3v) is 5.26. The highest BCUT2D eigenvalue weighted by Crippen LogP contribution is 2.42. The van der Waals surface area contributed by atoms with E-state index in [0.717, 1.165) is 5.56 Å². The monoisotopic (exact) mass is 417 g/mol. The Balaban J connectivity index is 1.89. The van der Waals surface area contributed by atoms with Crippen LogP contribution in [0.1, 0.15) is 35.6 Å². The molecule has 1 unspecified atom stereocenters. The van der Waals surface area contributed by atoms with Gasteiger partial charge in [-0.3, -0.25) is 14.5 Å². The molecule has 0 spiro atoms. The molecule has 1 fully saturated rings. The standard InChI is InChI=1S/C25H23NO5/c1-4-30-19-13-11-17(14-15(19)2)23(27)21-22(20-12-10-16(3)31-20)26(25(29)24(21)28)18-8-6-5-7-9-18/h5-14,22,27H,4H2,1-3H3/b23-21-. The van der Waals surface area contributed by atoms with Gasteiger partial charge in [0.1, 0.15) is 29.1 Å². The fourth-order valence-corrected chi connectivity index (χ4v) is 3.83. The van der Waals surface area contributed by atoms with Crippen LogP contribution < -0.4 is 9.64 Å². The molecule has 1 aromatic heterocycles. The summed E-state index contributed by atoms with van der Waals surface area (Å²) in [4.78, 5) is 27.5. The Labute approximate surface area is 180 Å². The van der Waals surface area contributed by atoms with Crippen molar-refractivity contribution in [3.8, 4) is 5.75 Å². The van der Waals surface area contributed by atoms with Gasteiger partial charge in [0.2, 0.25) is 0 Å². The van der Waals surface area contributed by atoms with Crippen LogP contribution in [0.3, 0.4) is 0 Å². The number of nitrogens with zero attached hydrogens (tertiary/aromatic N) is 1. The lowest BCUT2D eigenvalue weighted by Crippen LogP contribution is -2.29. The zero-order chi connectivity index (χ0) is 22.1. The predicted molar refractivity (Wildman–Crippen MR) is 117 cm³/mol. The summed E-state index contributed by atoms with van der Waals surface area (Å²) in [6.07, 6.45) is 0. The van der Waals surface area contributed by atoms with Crippen molar-refractivity contribution in [2.45, 2.75) is 26.8 Å². The Morgan fingerprint density at radius 3 is 2.42 bits per heavy atom. The average Bonchev–Trinajstić information content (AvgIpc) is 3.31. The van der Waals surface area contributed by atoms with Crippen LogP contribution in [0.4, 0.5) is 5.69 Å². The first kappa shape index (κ1) is 20.5. The summed E-state index contributed by atoms with van der Waals surface area (Å²) in [6.45, 7) is 6.06. The van der Waals surface area contributed by atoms with Crippen molar-refractivity contribution in [2.75, 3.05) is 11.5 Å². The SMILES string of the molecule is CCOc1ccc(/C(O)=C2/C(=O)C(=O)N(c3ccccc3)C2c2ccc(C)o2)cc1C. The maximum atomic E-state index is 13.1. The number of ether oxygens (including phenoxy) is 1. The van der Waals surface area contributed by atoms with Gasteiger partial charge in [-0.2, -0.15) is 0 Å². The van der Waals surface area contributed by atoms with E-state index in [1.54, 1.807) is 61.5 Å². The summed E-state index contributed by atoms with van der Waals surface area (Å²) in [7, 11) is 0. The van der Waals surface area contributed by atoms with Crippen LogP contribution in [-0.4, -0.2) is 23.4 Å². The molecule has 0 saturated carbocycles. The minimum absolute atomic E-state index is 0.00763. The number of anilines is 1. The van der Waals surface area contributed by atoms with Gasteiger partial charge in [-0.05, 0) is 68.8 Å². The van der Waals surface area contributed by atoms with E-state index in [1.807, 2.05) is 19.9 Å². The van der Waals surface area contributed by atoms with Gasteiger partial charge in [0.25, 0.3) is 11.7 Å². The summed E-state index contributed by atoms with van der Waals surface area (Å²) in [5.41, 5.74) is 1.78. The number of aryl methyl sites for hydroxylation is 2. The molecule has 6 nitrogen and oxygen atoms in total. The van der Waals surface area contributed by atoms with Crippen LogP contribution in [0, 0.1) is 13.8 Å². The van der Waals surface area contributed by atoms with E-state index in [-0.39, 0.29) is 11.3 Å². The predicted octanol–water partition coefficient (Wildman–Crippen LogP) is 4.92. The summed E-state index contributed by atoms with van der Waals surface area (Å²) in [5.74, 6) is 0.0284. The number of furan rings is 1. The molecule has 0 aliphatic carbocycles.